The van der Waals surface area contributed by atoms with E-state index in [-0.39, 0.29) is 6.04 Å². The van der Waals surface area contributed by atoms with Gasteiger partial charge in [-0.3, -0.25) is 0 Å². The first kappa shape index (κ1) is 13.5. The van der Waals surface area contributed by atoms with E-state index in [1.54, 1.807) is 6.33 Å². The summed E-state index contributed by atoms with van der Waals surface area (Å²) in [6.07, 6.45) is 6.40. The molecule has 0 aromatic carbocycles. The van der Waals surface area contributed by atoms with Crippen molar-refractivity contribution < 1.29 is 4.74 Å². The molecule has 1 aromatic heterocycles. The Hall–Kier alpha value is -0.940. The minimum Gasteiger partial charge on any atom is -0.378 e. The van der Waals surface area contributed by atoms with Gasteiger partial charge in [-0.25, -0.2) is 9.67 Å². The van der Waals surface area contributed by atoms with E-state index in [4.69, 9.17) is 10.5 Å². The number of ether oxygens (including phenoxy) is 1. The lowest BCUT2D eigenvalue weighted by atomic mass is 9.78. The predicted octanol–water partition coefficient (Wildman–Crippen LogP) is 1.89. The van der Waals surface area contributed by atoms with E-state index in [0.717, 1.165) is 44.7 Å². The fraction of sp³-hybridized carbons (Fsp3) is 0.846. The molecule has 0 bridgehead atoms. The van der Waals surface area contributed by atoms with Gasteiger partial charge in [0.1, 0.15) is 12.2 Å². The van der Waals surface area contributed by atoms with Crippen molar-refractivity contribution in [1.82, 2.24) is 14.8 Å². The molecule has 2 N–H and O–H groups in total. The standard InChI is InChI=1S/C13H24N4O/c1-3-5-17-13(15-9-16-17)12(14)8-10-6-11(7-10)18-4-2/h9-12H,3-8,14H2,1-2H3. The number of hydrogen-bond acceptors (Lipinski definition) is 4. The van der Waals surface area contributed by atoms with E-state index in [0.29, 0.717) is 12.0 Å². The molecule has 1 unspecified atom stereocenters. The minimum absolute atomic E-state index is 0.00614. The van der Waals surface area contributed by atoms with Gasteiger partial charge in [-0.15, -0.1) is 0 Å². The molecule has 18 heavy (non-hydrogen) atoms. The summed E-state index contributed by atoms with van der Waals surface area (Å²) in [5.74, 6) is 1.61. The lowest BCUT2D eigenvalue weighted by Crippen LogP contribution is -2.34. The smallest absolute Gasteiger partial charge is 0.143 e. The average Bonchev–Trinajstić information content (AvgIpc) is 2.75. The van der Waals surface area contributed by atoms with Gasteiger partial charge in [-0.05, 0) is 38.5 Å². The van der Waals surface area contributed by atoms with E-state index in [1.807, 2.05) is 11.6 Å². The molecule has 5 nitrogen and oxygen atoms in total. The van der Waals surface area contributed by atoms with Crippen molar-refractivity contribution in [2.45, 2.75) is 58.2 Å². The van der Waals surface area contributed by atoms with Gasteiger partial charge in [0.2, 0.25) is 0 Å². The van der Waals surface area contributed by atoms with Crippen LogP contribution in [0.25, 0.3) is 0 Å². The highest BCUT2D eigenvalue weighted by Gasteiger charge is 2.31. The highest BCUT2D eigenvalue weighted by Crippen LogP contribution is 2.35. The van der Waals surface area contributed by atoms with Crippen LogP contribution in [0, 0.1) is 5.92 Å². The van der Waals surface area contributed by atoms with Crippen LogP contribution in [0.15, 0.2) is 6.33 Å². The van der Waals surface area contributed by atoms with Crippen molar-refractivity contribution in [3.05, 3.63) is 12.2 Å². The first-order valence-electron chi connectivity index (χ1n) is 6.99. The van der Waals surface area contributed by atoms with Crippen molar-refractivity contribution in [3.63, 3.8) is 0 Å². The van der Waals surface area contributed by atoms with E-state index < -0.39 is 0 Å². The Morgan fingerprint density at radius 1 is 1.50 bits per heavy atom. The Labute approximate surface area is 109 Å². The fourth-order valence-electron chi connectivity index (χ4n) is 2.65. The maximum Gasteiger partial charge on any atom is 0.143 e. The molecule has 0 amide bonds. The number of nitrogens with two attached hydrogens (primary N) is 1. The molecule has 1 fully saturated rings. The van der Waals surface area contributed by atoms with E-state index in [9.17, 15) is 0 Å². The first-order chi connectivity index (χ1) is 8.74. The Kier molecular flexibility index (Phi) is 4.72. The number of aromatic nitrogens is 3. The quantitative estimate of drug-likeness (QED) is 0.804. The number of hydrogen-bond donors (Lipinski definition) is 1. The van der Waals surface area contributed by atoms with Crippen molar-refractivity contribution in [3.8, 4) is 0 Å². The molecule has 102 valence electrons. The zero-order valence-corrected chi connectivity index (χ0v) is 11.4. The summed E-state index contributed by atoms with van der Waals surface area (Å²) in [5.41, 5.74) is 6.24. The number of nitrogens with zero attached hydrogens (tertiary/aromatic N) is 3. The molecule has 1 heterocycles. The van der Waals surface area contributed by atoms with Gasteiger partial charge >= 0.3 is 0 Å². The lowest BCUT2D eigenvalue weighted by molar-refractivity contribution is -0.0284. The molecule has 0 spiro atoms. The summed E-state index contributed by atoms with van der Waals surface area (Å²) in [6, 6.07) is 0.00614. The van der Waals surface area contributed by atoms with Gasteiger partial charge in [0, 0.05) is 13.2 Å². The summed E-state index contributed by atoms with van der Waals surface area (Å²) < 4.78 is 7.50. The normalized spacial score (nSPS) is 24.8. The van der Waals surface area contributed by atoms with Gasteiger partial charge in [0.25, 0.3) is 0 Å². The van der Waals surface area contributed by atoms with Crippen LogP contribution < -0.4 is 5.73 Å². The predicted molar refractivity (Wildman–Crippen MR) is 70.0 cm³/mol. The SMILES string of the molecule is CCCn1ncnc1C(N)CC1CC(OCC)C1. The summed E-state index contributed by atoms with van der Waals surface area (Å²) >= 11 is 0. The van der Waals surface area contributed by atoms with E-state index in [1.165, 1.54) is 0 Å². The second-order valence-electron chi connectivity index (χ2n) is 5.10. The molecular formula is C13H24N4O. The van der Waals surface area contributed by atoms with E-state index >= 15 is 0 Å². The zero-order valence-electron chi connectivity index (χ0n) is 11.4. The molecule has 1 aliphatic carbocycles. The Morgan fingerprint density at radius 3 is 2.94 bits per heavy atom. The third-order valence-corrected chi connectivity index (χ3v) is 3.59. The topological polar surface area (TPSA) is 66.0 Å². The number of aryl methyl sites for hydroxylation is 1. The van der Waals surface area contributed by atoms with Gasteiger partial charge < -0.3 is 10.5 Å². The highest BCUT2D eigenvalue weighted by atomic mass is 16.5. The Balaban J connectivity index is 1.81. The Morgan fingerprint density at radius 2 is 2.28 bits per heavy atom. The van der Waals surface area contributed by atoms with Crippen molar-refractivity contribution >= 4 is 0 Å². The summed E-state index contributed by atoms with van der Waals surface area (Å²) in [4.78, 5) is 4.30. The van der Waals surface area contributed by atoms with Crippen molar-refractivity contribution in [1.29, 1.82) is 0 Å². The second-order valence-corrected chi connectivity index (χ2v) is 5.10. The van der Waals surface area contributed by atoms with Crippen LogP contribution in [-0.4, -0.2) is 27.5 Å². The third-order valence-electron chi connectivity index (χ3n) is 3.59. The second kappa shape index (κ2) is 6.29. The van der Waals surface area contributed by atoms with Gasteiger partial charge in [0.15, 0.2) is 0 Å². The van der Waals surface area contributed by atoms with Crippen molar-refractivity contribution in [2.75, 3.05) is 6.61 Å². The van der Waals surface area contributed by atoms with Crippen LogP contribution in [0.4, 0.5) is 0 Å². The van der Waals surface area contributed by atoms with Gasteiger partial charge in [-0.1, -0.05) is 6.92 Å². The molecule has 0 saturated heterocycles. The number of rotatable bonds is 7. The molecule has 0 aliphatic heterocycles. The van der Waals surface area contributed by atoms with Crippen LogP contribution in [0.2, 0.25) is 0 Å². The maximum absolute atomic E-state index is 6.24. The minimum atomic E-state index is 0.00614. The molecule has 0 radical (unpaired) electrons. The third kappa shape index (κ3) is 3.09. The molecule has 1 atom stereocenters. The van der Waals surface area contributed by atoms with Crippen LogP contribution in [0.1, 0.15) is 51.4 Å². The van der Waals surface area contributed by atoms with Gasteiger partial charge in [-0.2, -0.15) is 5.10 Å². The monoisotopic (exact) mass is 252 g/mol. The average molecular weight is 252 g/mol. The molecule has 1 aromatic rings. The first-order valence-corrected chi connectivity index (χ1v) is 6.99. The molecule has 1 saturated carbocycles. The molecule has 1 aliphatic rings. The summed E-state index contributed by atoms with van der Waals surface area (Å²) in [6.45, 7) is 5.89. The fourth-order valence-corrected chi connectivity index (χ4v) is 2.65. The van der Waals surface area contributed by atoms with Crippen LogP contribution in [-0.2, 0) is 11.3 Å². The molecule has 5 heteroatoms. The maximum atomic E-state index is 6.24. The van der Waals surface area contributed by atoms with Crippen LogP contribution >= 0.6 is 0 Å². The molecular weight excluding hydrogens is 228 g/mol. The zero-order chi connectivity index (χ0) is 13.0. The largest absolute Gasteiger partial charge is 0.378 e. The van der Waals surface area contributed by atoms with Crippen molar-refractivity contribution in [2.24, 2.45) is 11.7 Å². The molecule has 2 rings (SSSR count). The summed E-state index contributed by atoms with van der Waals surface area (Å²) in [5, 5.41) is 4.22. The highest BCUT2D eigenvalue weighted by molar-refractivity contribution is 4.95. The van der Waals surface area contributed by atoms with E-state index in [2.05, 4.69) is 17.0 Å². The van der Waals surface area contributed by atoms with Crippen LogP contribution in [0.3, 0.4) is 0 Å². The van der Waals surface area contributed by atoms with Gasteiger partial charge in [0.05, 0.1) is 12.1 Å². The lowest BCUT2D eigenvalue weighted by Gasteiger charge is -2.36. The summed E-state index contributed by atoms with van der Waals surface area (Å²) in [7, 11) is 0. The van der Waals surface area contributed by atoms with Crippen LogP contribution in [0.5, 0.6) is 0 Å². The Bertz CT molecular complexity index is 360.